The predicted molar refractivity (Wildman–Crippen MR) is 110 cm³/mol. The van der Waals surface area contributed by atoms with E-state index >= 15 is 0 Å². The molecule has 0 aliphatic carbocycles. The smallest absolute Gasteiger partial charge is 0.379 e. The summed E-state index contributed by atoms with van der Waals surface area (Å²) in [6.07, 6.45) is 3.63. The normalized spacial score (nSPS) is 10.6. The van der Waals surface area contributed by atoms with Crippen LogP contribution >= 0.6 is 0 Å². The zero-order valence-electron chi connectivity index (χ0n) is 16.1. The zero-order valence-corrected chi connectivity index (χ0v) is 16.1. The van der Waals surface area contributed by atoms with Crippen LogP contribution in [0.1, 0.15) is 28.6 Å². The number of rotatable bonds is 6. The van der Waals surface area contributed by atoms with Crippen LogP contribution in [0.4, 0.5) is 5.69 Å². The third-order valence-electron chi connectivity index (χ3n) is 4.02. The number of anilines is 1. The number of nitrogens with zero attached hydrogens (tertiary/aromatic N) is 1. The molecule has 1 aromatic heterocycles. The molecule has 2 N–H and O–H groups in total. The van der Waals surface area contributed by atoms with Crippen LogP contribution < -0.4 is 15.5 Å². The van der Waals surface area contributed by atoms with Crippen molar-refractivity contribution in [2.75, 3.05) is 5.32 Å². The summed E-state index contributed by atoms with van der Waals surface area (Å²) in [5.41, 5.74) is 4.44. The summed E-state index contributed by atoms with van der Waals surface area (Å²) in [7, 11) is 0. The van der Waals surface area contributed by atoms with Gasteiger partial charge < -0.3 is 14.5 Å². The average molecular weight is 405 g/mol. The van der Waals surface area contributed by atoms with Gasteiger partial charge in [0.15, 0.2) is 0 Å². The van der Waals surface area contributed by atoms with Crippen molar-refractivity contribution in [2.24, 2.45) is 5.10 Å². The molecule has 0 fully saturated rings. The third kappa shape index (κ3) is 5.65. The fraction of sp³-hybridized carbons (Fsp3) is 0.0909. The Morgan fingerprint density at radius 1 is 1.00 bits per heavy atom. The molecule has 0 radical (unpaired) electrons. The second-order valence-corrected chi connectivity index (χ2v) is 6.14. The summed E-state index contributed by atoms with van der Waals surface area (Å²) >= 11 is 0. The van der Waals surface area contributed by atoms with Crippen molar-refractivity contribution in [1.82, 2.24) is 5.43 Å². The van der Waals surface area contributed by atoms with Crippen LogP contribution in [0.25, 0.3) is 0 Å². The minimum atomic E-state index is -0.894. The van der Waals surface area contributed by atoms with Crippen LogP contribution in [0.15, 0.2) is 76.4 Å². The van der Waals surface area contributed by atoms with E-state index in [9.17, 15) is 14.4 Å². The van der Waals surface area contributed by atoms with Crippen molar-refractivity contribution in [1.29, 1.82) is 0 Å². The van der Waals surface area contributed by atoms with Gasteiger partial charge in [0.25, 0.3) is 0 Å². The molecule has 0 aliphatic rings. The van der Waals surface area contributed by atoms with E-state index in [2.05, 4.69) is 15.8 Å². The quantitative estimate of drug-likeness (QED) is 0.215. The van der Waals surface area contributed by atoms with Gasteiger partial charge in [0.05, 0.1) is 12.5 Å². The van der Waals surface area contributed by atoms with Crippen LogP contribution in [-0.4, -0.2) is 24.0 Å². The lowest BCUT2D eigenvalue weighted by Crippen LogP contribution is -2.32. The monoisotopic (exact) mass is 405 g/mol. The highest BCUT2D eigenvalue weighted by Gasteiger charge is 2.13. The van der Waals surface area contributed by atoms with Gasteiger partial charge in [-0.15, -0.1) is 0 Å². The number of benzene rings is 2. The molecule has 2 aromatic carbocycles. The molecule has 0 saturated carbocycles. The van der Waals surface area contributed by atoms with Crippen LogP contribution in [0.5, 0.6) is 5.75 Å². The van der Waals surface area contributed by atoms with Gasteiger partial charge in [0, 0.05) is 5.69 Å². The van der Waals surface area contributed by atoms with E-state index in [1.54, 1.807) is 42.5 Å². The second kappa shape index (κ2) is 9.83. The number of aryl methyl sites for hydroxylation is 1. The number of ether oxygens (including phenoxy) is 1. The van der Waals surface area contributed by atoms with E-state index in [0.29, 0.717) is 17.0 Å². The van der Waals surface area contributed by atoms with Crippen molar-refractivity contribution in [2.45, 2.75) is 13.3 Å². The van der Waals surface area contributed by atoms with Crippen molar-refractivity contribution in [3.63, 3.8) is 0 Å². The number of hydrazone groups is 1. The van der Waals surface area contributed by atoms with Gasteiger partial charge in [-0.1, -0.05) is 19.1 Å². The summed E-state index contributed by atoms with van der Waals surface area (Å²) in [6.45, 7) is 2.03. The Bertz CT molecular complexity index is 1040. The number of furan rings is 1. The minimum Gasteiger partial charge on any atom is -0.457 e. The van der Waals surface area contributed by atoms with Crippen LogP contribution in [0.3, 0.4) is 0 Å². The highest BCUT2D eigenvalue weighted by atomic mass is 16.5. The van der Waals surface area contributed by atoms with E-state index < -0.39 is 17.8 Å². The Balaban J connectivity index is 1.48. The summed E-state index contributed by atoms with van der Waals surface area (Å²) < 4.78 is 10.1. The number of hydrogen-bond acceptors (Lipinski definition) is 6. The highest BCUT2D eigenvalue weighted by Crippen LogP contribution is 2.14. The first kappa shape index (κ1) is 20.5. The first-order valence-corrected chi connectivity index (χ1v) is 9.14. The first-order chi connectivity index (χ1) is 14.5. The molecule has 0 unspecified atom stereocenters. The maximum absolute atomic E-state index is 11.9. The van der Waals surface area contributed by atoms with E-state index in [4.69, 9.17) is 9.15 Å². The molecule has 2 amide bonds. The van der Waals surface area contributed by atoms with Gasteiger partial charge in [-0.3, -0.25) is 9.59 Å². The molecule has 3 rings (SSSR count). The van der Waals surface area contributed by atoms with Crippen molar-refractivity contribution >= 4 is 29.7 Å². The third-order valence-corrected chi connectivity index (χ3v) is 4.02. The van der Waals surface area contributed by atoms with Gasteiger partial charge in [0.1, 0.15) is 5.75 Å². The lowest BCUT2D eigenvalue weighted by atomic mass is 10.1. The van der Waals surface area contributed by atoms with Crippen molar-refractivity contribution < 1.29 is 23.5 Å². The Labute approximate surface area is 172 Å². The molecule has 0 spiro atoms. The summed E-state index contributed by atoms with van der Waals surface area (Å²) in [6, 6.07) is 16.7. The number of carbonyl (C=O) groups is 3. The predicted octanol–water partition coefficient (Wildman–Crippen LogP) is 3.15. The van der Waals surface area contributed by atoms with Crippen molar-refractivity contribution in [3.05, 3.63) is 83.8 Å². The zero-order chi connectivity index (χ0) is 21.3. The Morgan fingerprint density at radius 3 is 2.37 bits per heavy atom. The number of hydrogen-bond donors (Lipinski definition) is 2. The lowest BCUT2D eigenvalue weighted by molar-refractivity contribution is -0.136. The Morgan fingerprint density at radius 2 is 1.73 bits per heavy atom. The molecule has 30 heavy (non-hydrogen) atoms. The molecule has 1 heterocycles. The number of amides is 2. The lowest BCUT2D eigenvalue weighted by Gasteiger charge is -2.05. The van der Waals surface area contributed by atoms with Crippen LogP contribution in [-0.2, 0) is 16.0 Å². The van der Waals surface area contributed by atoms with Gasteiger partial charge in [-0.05, 0) is 66.1 Å². The molecular weight excluding hydrogens is 386 g/mol. The van der Waals surface area contributed by atoms with Gasteiger partial charge in [0.2, 0.25) is 5.76 Å². The fourth-order valence-corrected chi connectivity index (χ4v) is 2.40. The summed E-state index contributed by atoms with van der Waals surface area (Å²) in [5.74, 6) is -1.90. The summed E-state index contributed by atoms with van der Waals surface area (Å²) in [4.78, 5) is 35.6. The molecule has 8 nitrogen and oxygen atoms in total. The standard InChI is InChI=1S/C22H19N3O5/c1-2-15-5-9-17(10-6-15)24-20(26)21(27)25-23-14-16-7-11-18(12-8-16)30-22(28)19-4-3-13-29-19/h3-14H,2H2,1H3,(H,24,26)(H,25,27)/b23-14+. The Hall–Kier alpha value is -4.20. The highest BCUT2D eigenvalue weighted by molar-refractivity contribution is 6.39. The van der Waals surface area contributed by atoms with Gasteiger partial charge in [-0.25, -0.2) is 10.2 Å². The number of esters is 1. The Kier molecular flexibility index (Phi) is 6.73. The minimum absolute atomic E-state index is 0.0999. The molecule has 152 valence electrons. The van der Waals surface area contributed by atoms with E-state index in [1.807, 2.05) is 19.1 Å². The van der Waals surface area contributed by atoms with E-state index in [1.165, 1.54) is 18.5 Å². The first-order valence-electron chi connectivity index (χ1n) is 9.14. The SMILES string of the molecule is CCc1ccc(NC(=O)C(=O)N/N=C/c2ccc(OC(=O)c3ccco3)cc2)cc1. The molecule has 8 heteroatoms. The maximum Gasteiger partial charge on any atom is 0.379 e. The topological polar surface area (TPSA) is 110 Å². The number of carbonyl (C=O) groups excluding carboxylic acids is 3. The summed E-state index contributed by atoms with van der Waals surface area (Å²) in [5, 5.41) is 6.25. The molecule has 0 aliphatic heterocycles. The molecular formula is C22H19N3O5. The average Bonchev–Trinajstić information content (AvgIpc) is 3.30. The molecule has 0 atom stereocenters. The van der Waals surface area contributed by atoms with Crippen LogP contribution in [0.2, 0.25) is 0 Å². The molecule has 0 saturated heterocycles. The van der Waals surface area contributed by atoms with Gasteiger partial charge in [-0.2, -0.15) is 5.10 Å². The van der Waals surface area contributed by atoms with Crippen LogP contribution in [0, 0.1) is 0 Å². The largest absolute Gasteiger partial charge is 0.457 e. The molecule has 0 bridgehead atoms. The van der Waals surface area contributed by atoms with E-state index in [-0.39, 0.29) is 5.76 Å². The second-order valence-electron chi connectivity index (χ2n) is 6.14. The van der Waals surface area contributed by atoms with Gasteiger partial charge >= 0.3 is 17.8 Å². The molecule has 3 aromatic rings. The maximum atomic E-state index is 11.9. The number of nitrogens with one attached hydrogen (secondary N) is 2. The fourth-order valence-electron chi connectivity index (χ4n) is 2.40. The van der Waals surface area contributed by atoms with Crippen molar-refractivity contribution in [3.8, 4) is 5.75 Å². The van der Waals surface area contributed by atoms with E-state index in [0.717, 1.165) is 12.0 Å².